The quantitative estimate of drug-likeness (QED) is 0.809. The summed E-state index contributed by atoms with van der Waals surface area (Å²) in [5, 5.41) is 3.35. The van der Waals surface area contributed by atoms with Crippen LogP contribution in [0.15, 0.2) is 42.5 Å². The first-order chi connectivity index (χ1) is 8.69. The zero-order chi connectivity index (χ0) is 13.0. The Kier molecular flexibility index (Phi) is 3.72. The summed E-state index contributed by atoms with van der Waals surface area (Å²) in [6.07, 6.45) is 0. The molecular weight excluding hydrogens is 224 g/mol. The predicted octanol–water partition coefficient (Wildman–Crippen LogP) is 3.20. The minimum absolute atomic E-state index is 0.702. The molecular formula is C15H18N2O. The topological polar surface area (TPSA) is 47.3 Å². The van der Waals surface area contributed by atoms with Gasteiger partial charge in [-0.05, 0) is 24.6 Å². The zero-order valence-electron chi connectivity index (χ0n) is 10.7. The summed E-state index contributed by atoms with van der Waals surface area (Å²) in [5.74, 6) is 0.766. The summed E-state index contributed by atoms with van der Waals surface area (Å²) in [5.41, 5.74) is 9.88. The van der Waals surface area contributed by atoms with Crippen LogP contribution in [0.4, 0.5) is 11.4 Å². The Morgan fingerprint density at radius 1 is 1.17 bits per heavy atom. The van der Waals surface area contributed by atoms with Gasteiger partial charge in [0.05, 0.1) is 12.8 Å². The minimum Gasteiger partial charge on any atom is -0.495 e. The molecule has 0 unspecified atom stereocenters. The molecule has 0 saturated carbocycles. The third-order valence-electron chi connectivity index (χ3n) is 2.79. The normalized spacial score (nSPS) is 10.1. The van der Waals surface area contributed by atoms with Gasteiger partial charge < -0.3 is 15.8 Å². The minimum atomic E-state index is 0.702. The maximum atomic E-state index is 5.72. The van der Waals surface area contributed by atoms with Gasteiger partial charge in [-0.1, -0.05) is 29.8 Å². The van der Waals surface area contributed by atoms with Crippen molar-refractivity contribution < 1.29 is 4.74 Å². The molecule has 0 radical (unpaired) electrons. The fraction of sp³-hybridized carbons (Fsp3) is 0.200. The molecule has 2 aromatic carbocycles. The van der Waals surface area contributed by atoms with Gasteiger partial charge >= 0.3 is 0 Å². The smallest absolute Gasteiger partial charge is 0.144 e. The molecule has 2 aromatic rings. The van der Waals surface area contributed by atoms with Crippen LogP contribution in [0, 0.1) is 6.92 Å². The van der Waals surface area contributed by atoms with Crippen molar-refractivity contribution in [2.24, 2.45) is 0 Å². The van der Waals surface area contributed by atoms with Crippen LogP contribution in [0.1, 0.15) is 11.1 Å². The standard InChI is InChI=1S/C15H18N2O/c1-11-4-3-5-12(8-11)10-17-14-7-6-13(16)9-15(14)18-2/h3-9,17H,10,16H2,1-2H3. The number of anilines is 2. The SMILES string of the molecule is COc1cc(N)ccc1NCc1cccc(C)c1. The fourth-order valence-corrected chi connectivity index (χ4v) is 1.87. The van der Waals surface area contributed by atoms with Crippen LogP contribution < -0.4 is 15.8 Å². The van der Waals surface area contributed by atoms with E-state index in [1.807, 2.05) is 18.2 Å². The van der Waals surface area contributed by atoms with Gasteiger partial charge in [0, 0.05) is 18.3 Å². The average molecular weight is 242 g/mol. The van der Waals surface area contributed by atoms with E-state index in [2.05, 4.69) is 36.5 Å². The van der Waals surface area contributed by atoms with Gasteiger partial charge in [0.25, 0.3) is 0 Å². The van der Waals surface area contributed by atoms with E-state index in [0.717, 1.165) is 18.0 Å². The molecule has 0 amide bonds. The van der Waals surface area contributed by atoms with Gasteiger partial charge in [-0.15, -0.1) is 0 Å². The van der Waals surface area contributed by atoms with E-state index < -0.39 is 0 Å². The molecule has 0 saturated heterocycles. The van der Waals surface area contributed by atoms with Gasteiger partial charge in [0.1, 0.15) is 5.75 Å². The monoisotopic (exact) mass is 242 g/mol. The Morgan fingerprint density at radius 2 is 2.00 bits per heavy atom. The van der Waals surface area contributed by atoms with Crippen LogP contribution in [0.5, 0.6) is 5.75 Å². The molecule has 94 valence electrons. The van der Waals surface area contributed by atoms with E-state index in [0.29, 0.717) is 5.69 Å². The average Bonchev–Trinajstić information content (AvgIpc) is 2.37. The lowest BCUT2D eigenvalue weighted by Crippen LogP contribution is -2.02. The molecule has 3 N–H and O–H groups in total. The molecule has 0 aliphatic heterocycles. The molecule has 2 rings (SSSR count). The summed E-state index contributed by atoms with van der Waals surface area (Å²) in [6, 6.07) is 14.0. The van der Waals surface area contributed by atoms with Gasteiger partial charge in [-0.3, -0.25) is 0 Å². The second-order valence-electron chi connectivity index (χ2n) is 4.30. The van der Waals surface area contributed by atoms with Crippen molar-refractivity contribution in [1.82, 2.24) is 0 Å². The number of methoxy groups -OCH3 is 1. The number of rotatable bonds is 4. The molecule has 18 heavy (non-hydrogen) atoms. The van der Waals surface area contributed by atoms with Crippen LogP contribution in [0.25, 0.3) is 0 Å². The van der Waals surface area contributed by atoms with Gasteiger partial charge in [-0.25, -0.2) is 0 Å². The number of nitrogen functional groups attached to an aromatic ring is 1. The molecule has 0 aliphatic carbocycles. The first-order valence-electron chi connectivity index (χ1n) is 5.92. The Morgan fingerprint density at radius 3 is 2.72 bits per heavy atom. The van der Waals surface area contributed by atoms with Crippen molar-refractivity contribution in [3.8, 4) is 5.75 Å². The maximum absolute atomic E-state index is 5.72. The molecule has 0 aliphatic rings. The van der Waals surface area contributed by atoms with Crippen LogP contribution in [-0.2, 0) is 6.54 Å². The van der Waals surface area contributed by atoms with E-state index in [1.54, 1.807) is 7.11 Å². The number of nitrogens with one attached hydrogen (secondary N) is 1. The largest absolute Gasteiger partial charge is 0.495 e. The summed E-state index contributed by atoms with van der Waals surface area (Å²) >= 11 is 0. The first kappa shape index (κ1) is 12.3. The maximum Gasteiger partial charge on any atom is 0.144 e. The van der Waals surface area contributed by atoms with E-state index in [-0.39, 0.29) is 0 Å². The number of benzene rings is 2. The Hall–Kier alpha value is -2.16. The predicted molar refractivity (Wildman–Crippen MR) is 75.9 cm³/mol. The Labute approximate surface area is 108 Å². The molecule has 0 fully saturated rings. The highest BCUT2D eigenvalue weighted by Gasteiger charge is 2.02. The van der Waals surface area contributed by atoms with Crippen molar-refractivity contribution >= 4 is 11.4 Å². The second kappa shape index (κ2) is 5.45. The lowest BCUT2D eigenvalue weighted by molar-refractivity contribution is 0.416. The number of hydrogen-bond acceptors (Lipinski definition) is 3. The number of nitrogens with two attached hydrogens (primary N) is 1. The molecule has 0 spiro atoms. The molecule has 3 heteroatoms. The number of ether oxygens (including phenoxy) is 1. The van der Waals surface area contributed by atoms with Crippen LogP contribution in [0.2, 0.25) is 0 Å². The second-order valence-corrected chi connectivity index (χ2v) is 4.30. The van der Waals surface area contributed by atoms with E-state index in [9.17, 15) is 0 Å². The zero-order valence-corrected chi connectivity index (χ0v) is 10.7. The molecule has 0 atom stereocenters. The molecule has 0 heterocycles. The van der Waals surface area contributed by atoms with Crippen molar-refractivity contribution in [3.63, 3.8) is 0 Å². The van der Waals surface area contributed by atoms with Gasteiger partial charge in [0.2, 0.25) is 0 Å². The van der Waals surface area contributed by atoms with E-state index in [4.69, 9.17) is 10.5 Å². The highest BCUT2D eigenvalue weighted by Crippen LogP contribution is 2.27. The van der Waals surface area contributed by atoms with Crippen molar-refractivity contribution in [2.45, 2.75) is 13.5 Å². The lowest BCUT2D eigenvalue weighted by atomic mass is 10.1. The molecule has 0 aromatic heterocycles. The Bertz CT molecular complexity index is 538. The fourth-order valence-electron chi connectivity index (χ4n) is 1.87. The lowest BCUT2D eigenvalue weighted by Gasteiger charge is -2.12. The van der Waals surface area contributed by atoms with Crippen molar-refractivity contribution in [3.05, 3.63) is 53.6 Å². The first-order valence-corrected chi connectivity index (χ1v) is 5.92. The number of hydrogen-bond donors (Lipinski definition) is 2. The van der Waals surface area contributed by atoms with Gasteiger partial charge in [0.15, 0.2) is 0 Å². The summed E-state index contributed by atoms with van der Waals surface area (Å²) in [7, 11) is 1.65. The van der Waals surface area contributed by atoms with E-state index >= 15 is 0 Å². The summed E-state index contributed by atoms with van der Waals surface area (Å²) in [6.45, 7) is 2.86. The molecule has 0 bridgehead atoms. The summed E-state index contributed by atoms with van der Waals surface area (Å²) < 4.78 is 5.30. The highest BCUT2D eigenvalue weighted by molar-refractivity contribution is 5.62. The Balaban J connectivity index is 2.10. The third kappa shape index (κ3) is 2.94. The van der Waals surface area contributed by atoms with Crippen LogP contribution >= 0.6 is 0 Å². The third-order valence-corrected chi connectivity index (χ3v) is 2.79. The van der Waals surface area contributed by atoms with Crippen LogP contribution in [-0.4, -0.2) is 7.11 Å². The van der Waals surface area contributed by atoms with Crippen molar-refractivity contribution in [2.75, 3.05) is 18.2 Å². The van der Waals surface area contributed by atoms with Crippen molar-refractivity contribution in [1.29, 1.82) is 0 Å². The molecule has 3 nitrogen and oxygen atoms in total. The number of aryl methyl sites for hydroxylation is 1. The van der Waals surface area contributed by atoms with Crippen LogP contribution in [0.3, 0.4) is 0 Å². The highest BCUT2D eigenvalue weighted by atomic mass is 16.5. The van der Waals surface area contributed by atoms with Gasteiger partial charge in [-0.2, -0.15) is 0 Å². The summed E-state index contributed by atoms with van der Waals surface area (Å²) in [4.78, 5) is 0. The van der Waals surface area contributed by atoms with E-state index in [1.165, 1.54) is 11.1 Å².